The minimum Gasteiger partial charge on any atom is -0.342 e. The lowest BCUT2D eigenvalue weighted by Crippen LogP contribution is -2.27. The van der Waals surface area contributed by atoms with Crippen LogP contribution < -0.4 is 10.6 Å². The highest BCUT2D eigenvalue weighted by Crippen LogP contribution is 2.30. The molecule has 0 aliphatic heterocycles. The summed E-state index contributed by atoms with van der Waals surface area (Å²) in [7, 11) is 0. The van der Waals surface area contributed by atoms with Crippen LogP contribution in [0.15, 0.2) is 48.5 Å². The molecule has 1 heterocycles. The van der Waals surface area contributed by atoms with Crippen LogP contribution in [-0.4, -0.2) is 21.8 Å². The number of hydrogen-bond donors (Lipinski definition) is 3. The van der Waals surface area contributed by atoms with Crippen molar-refractivity contribution in [2.75, 3.05) is 5.32 Å². The summed E-state index contributed by atoms with van der Waals surface area (Å²) in [4.78, 5) is 32.2. The number of H-pyrrole nitrogens is 1. The predicted molar refractivity (Wildman–Crippen MR) is 99.8 cm³/mol. The zero-order valence-electron chi connectivity index (χ0n) is 14.5. The Hall–Kier alpha value is -3.15. The van der Waals surface area contributed by atoms with Gasteiger partial charge in [0.25, 0.3) is 5.91 Å². The van der Waals surface area contributed by atoms with Gasteiger partial charge in [-0.2, -0.15) is 0 Å². The second-order valence-electron chi connectivity index (χ2n) is 6.68. The molecule has 4 rings (SSSR count). The molecule has 2 amide bonds. The summed E-state index contributed by atoms with van der Waals surface area (Å²) in [6, 6.07) is 14.5. The molecule has 3 N–H and O–H groups in total. The summed E-state index contributed by atoms with van der Waals surface area (Å²) in [5, 5.41) is 5.81. The molecular weight excluding hydrogens is 328 g/mol. The first-order valence-corrected chi connectivity index (χ1v) is 8.76. The van der Waals surface area contributed by atoms with Crippen molar-refractivity contribution in [2.24, 2.45) is 5.92 Å². The van der Waals surface area contributed by atoms with Crippen molar-refractivity contribution in [1.82, 2.24) is 15.3 Å². The number of benzene rings is 2. The van der Waals surface area contributed by atoms with Gasteiger partial charge >= 0.3 is 0 Å². The molecule has 1 atom stereocenters. The maximum absolute atomic E-state index is 12.6. The topological polar surface area (TPSA) is 86.9 Å². The lowest BCUT2D eigenvalue weighted by molar-refractivity contribution is -0.117. The normalized spacial score (nSPS) is 14.8. The first-order valence-electron chi connectivity index (χ1n) is 8.76. The fraction of sp³-hybridized carbons (Fsp3) is 0.250. The van der Waals surface area contributed by atoms with Crippen LogP contribution in [0, 0.1) is 5.92 Å². The molecule has 3 aromatic rings. The van der Waals surface area contributed by atoms with Gasteiger partial charge in [0.1, 0.15) is 5.82 Å². The van der Waals surface area contributed by atoms with Crippen LogP contribution in [0.5, 0.6) is 0 Å². The third-order valence-electron chi connectivity index (χ3n) is 4.51. The van der Waals surface area contributed by atoms with Crippen LogP contribution in [0.2, 0.25) is 0 Å². The summed E-state index contributed by atoms with van der Waals surface area (Å²) >= 11 is 0. The number of anilines is 1. The van der Waals surface area contributed by atoms with E-state index in [4.69, 9.17) is 0 Å². The average Bonchev–Trinajstić information content (AvgIpc) is 3.40. The van der Waals surface area contributed by atoms with Gasteiger partial charge in [-0.1, -0.05) is 18.2 Å². The van der Waals surface area contributed by atoms with E-state index in [1.54, 1.807) is 24.3 Å². The molecule has 0 radical (unpaired) electrons. The fourth-order valence-electron chi connectivity index (χ4n) is 2.85. The molecule has 26 heavy (non-hydrogen) atoms. The molecule has 1 fully saturated rings. The van der Waals surface area contributed by atoms with E-state index in [1.807, 2.05) is 31.2 Å². The third kappa shape index (κ3) is 3.44. The Labute approximate surface area is 151 Å². The maximum Gasteiger partial charge on any atom is 0.251 e. The van der Waals surface area contributed by atoms with Gasteiger partial charge in [0.2, 0.25) is 5.91 Å². The quantitative estimate of drug-likeness (QED) is 0.660. The predicted octanol–water partition coefficient (Wildman–Crippen LogP) is 3.40. The van der Waals surface area contributed by atoms with E-state index in [0.29, 0.717) is 17.1 Å². The molecule has 0 saturated heterocycles. The number of hydrogen-bond acceptors (Lipinski definition) is 3. The molecule has 6 heteroatoms. The first-order chi connectivity index (χ1) is 12.6. The first kappa shape index (κ1) is 16.3. The van der Waals surface area contributed by atoms with Crippen LogP contribution in [-0.2, 0) is 4.79 Å². The number of amides is 2. The lowest BCUT2D eigenvalue weighted by atomic mass is 10.1. The summed E-state index contributed by atoms with van der Waals surface area (Å²) in [5.41, 5.74) is 2.95. The number of fused-ring (bicyclic) bond motifs is 1. The van der Waals surface area contributed by atoms with E-state index in [0.717, 1.165) is 23.9 Å². The summed E-state index contributed by atoms with van der Waals surface area (Å²) < 4.78 is 0. The third-order valence-corrected chi connectivity index (χ3v) is 4.51. The van der Waals surface area contributed by atoms with E-state index in [-0.39, 0.29) is 23.8 Å². The van der Waals surface area contributed by atoms with Gasteiger partial charge in [0.15, 0.2) is 0 Å². The molecular formula is C20H20N4O2. The minimum atomic E-state index is -0.264. The van der Waals surface area contributed by atoms with Gasteiger partial charge in [-0.3, -0.25) is 9.59 Å². The molecule has 1 saturated carbocycles. The zero-order valence-corrected chi connectivity index (χ0v) is 14.5. The van der Waals surface area contributed by atoms with Crippen molar-refractivity contribution in [3.8, 4) is 0 Å². The van der Waals surface area contributed by atoms with Crippen LogP contribution in [0.4, 0.5) is 5.69 Å². The summed E-state index contributed by atoms with van der Waals surface area (Å²) in [6.07, 6.45) is 1.89. The number of carbonyl (C=O) groups excluding carboxylic acids is 2. The van der Waals surface area contributed by atoms with E-state index >= 15 is 0 Å². The molecule has 1 aliphatic rings. The Kier molecular flexibility index (Phi) is 4.16. The molecule has 0 spiro atoms. The lowest BCUT2D eigenvalue weighted by Gasteiger charge is -2.12. The monoisotopic (exact) mass is 348 g/mol. The number of carbonyl (C=O) groups is 2. The van der Waals surface area contributed by atoms with E-state index in [1.165, 1.54) is 0 Å². The minimum absolute atomic E-state index is 0.0261. The number of nitrogens with one attached hydrogen (secondary N) is 3. The zero-order chi connectivity index (χ0) is 18.1. The van der Waals surface area contributed by atoms with E-state index < -0.39 is 0 Å². The number of rotatable bonds is 5. The van der Waals surface area contributed by atoms with Gasteiger partial charge in [-0.25, -0.2) is 4.98 Å². The Balaban J connectivity index is 1.45. The second-order valence-corrected chi connectivity index (χ2v) is 6.68. The SMILES string of the molecule is CC(NC(=O)c1cccc(NC(=O)C2CC2)c1)c1nc2ccccc2[nH]1. The molecule has 1 aliphatic carbocycles. The van der Waals surface area contributed by atoms with Gasteiger partial charge < -0.3 is 15.6 Å². The van der Waals surface area contributed by atoms with Crippen LogP contribution in [0.3, 0.4) is 0 Å². The van der Waals surface area contributed by atoms with Crippen LogP contribution in [0.25, 0.3) is 11.0 Å². The Morgan fingerprint density at radius 3 is 2.73 bits per heavy atom. The number of imidazole rings is 1. The molecule has 132 valence electrons. The van der Waals surface area contributed by atoms with Gasteiger partial charge in [-0.15, -0.1) is 0 Å². The molecule has 1 aromatic heterocycles. The standard InChI is InChI=1S/C20H20N4O2/c1-12(18-23-16-7-2-3-8-17(16)24-18)21-20(26)14-5-4-6-15(11-14)22-19(25)13-9-10-13/h2-8,11-13H,9-10H2,1H3,(H,21,26)(H,22,25)(H,23,24). The fourth-order valence-corrected chi connectivity index (χ4v) is 2.85. The highest BCUT2D eigenvalue weighted by Gasteiger charge is 2.29. The largest absolute Gasteiger partial charge is 0.342 e. The van der Waals surface area contributed by atoms with Crippen LogP contribution in [0.1, 0.15) is 42.0 Å². The van der Waals surface area contributed by atoms with Crippen molar-refractivity contribution in [2.45, 2.75) is 25.8 Å². The van der Waals surface area contributed by atoms with Crippen molar-refractivity contribution in [3.63, 3.8) is 0 Å². The van der Waals surface area contributed by atoms with Gasteiger partial charge in [-0.05, 0) is 50.1 Å². The van der Waals surface area contributed by atoms with Crippen molar-refractivity contribution < 1.29 is 9.59 Å². The summed E-state index contributed by atoms with van der Waals surface area (Å²) in [6.45, 7) is 1.88. The number of para-hydroxylation sites is 2. The smallest absolute Gasteiger partial charge is 0.251 e. The molecule has 1 unspecified atom stereocenters. The highest BCUT2D eigenvalue weighted by atomic mass is 16.2. The Bertz CT molecular complexity index is 942. The van der Waals surface area contributed by atoms with Gasteiger partial charge in [0, 0.05) is 17.2 Å². The van der Waals surface area contributed by atoms with Crippen molar-refractivity contribution in [3.05, 3.63) is 59.9 Å². The molecule has 6 nitrogen and oxygen atoms in total. The van der Waals surface area contributed by atoms with E-state index in [9.17, 15) is 9.59 Å². The maximum atomic E-state index is 12.6. The Morgan fingerprint density at radius 2 is 1.96 bits per heavy atom. The average molecular weight is 348 g/mol. The Morgan fingerprint density at radius 1 is 1.15 bits per heavy atom. The van der Waals surface area contributed by atoms with E-state index in [2.05, 4.69) is 20.6 Å². The number of aromatic nitrogens is 2. The van der Waals surface area contributed by atoms with Gasteiger partial charge in [0.05, 0.1) is 17.1 Å². The van der Waals surface area contributed by atoms with Crippen LogP contribution >= 0.6 is 0 Å². The highest BCUT2D eigenvalue weighted by molar-refractivity contribution is 5.98. The number of aromatic amines is 1. The van der Waals surface area contributed by atoms with Crippen molar-refractivity contribution in [1.29, 1.82) is 0 Å². The van der Waals surface area contributed by atoms with Crippen molar-refractivity contribution >= 4 is 28.5 Å². The second kappa shape index (κ2) is 6.63. The number of nitrogens with zero attached hydrogens (tertiary/aromatic N) is 1. The summed E-state index contributed by atoms with van der Waals surface area (Å²) in [5.74, 6) is 0.650. The molecule has 0 bridgehead atoms. The molecule has 2 aromatic carbocycles.